The van der Waals surface area contributed by atoms with Gasteiger partial charge in [-0.3, -0.25) is 0 Å². The SMILES string of the molecule is CCn1c(-c2cnc(C)nc2)nc2c(NC3CC(CO)N(C(=O)OC(C)(C)C)C3)ncnc21. The molecular formula is C22H30N8O3. The van der Waals surface area contributed by atoms with Gasteiger partial charge >= 0.3 is 6.09 Å². The van der Waals surface area contributed by atoms with Crippen LogP contribution in [0.5, 0.6) is 0 Å². The summed E-state index contributed by atoms with van der Waals surface area (Å²) in [6.07, 6.45) is 5.12. The fraction of sp³-hybridized carbons (Fsp3) is 0.545. The number of nitrogens with zero attached hydrogens (tertiary/aromatic N) is 7. The highest BCUT2D eigenvalue weighted by molar-refractivity contribution is 5.86. The lowest BCUT2D eigenvalue weighted by Crippen LogP contribution is -2.41. The summed E-state index contributed by atoms with van der Waals surface area (Å²) in [7, 11) is 0. The fourth-order valence-electron chi connectivity index (χ4n) is 4.00. The third-order valence-electron chi connectivity index (χ3n) is 5.48. The van der Waals surface area contributed by atoms with Crippen LogP contribution in [0.2, 0.25) is 0 Å². The van der Waals surface area contributed by atoms with Gasteiger partial charge in [0.2, 0.25) is 0 Å². The first-order valence-electron chi connectivity index (χ1n) is 11.1. The second-order valence-corrected chi connectivity index (χ2v) is 9.14. The second-order valence-electron chi connectivity index (χ2n) is 9.14. The average molecular weight is 455 g/mol. The molecule has 0 spiro atoms. The van der Waals surface area contributed by atoms with Crippen LogP contribution in [0.4, 0.5) is 10.6 Å². The van der Waals surface area contributed by atoms with Crippen LogP contribution in [0.15, 0.2) is 18.7 Å². The van der Waals surface area contributed by atoms with Crippen LogP contribution in [-0.2, 0) is 11.3 Å². The van der Waals surface area contributed by atoms with Gasteiger partial charge in [-0.2, -0.15) is 0 Å². The number of fused-ring (bicyclic) bond motifs is 1. The number of carbonyl (C=O) groups is 1. The molecule has 33 heavy (non-hydrogen) atoms. The van der Waals surface area contributed by atoms with Gasteiger partial charge in [-0.15, -0.1) is 0 Å². The summed E-state index contributed by atoms with van der Waals surface area (Å²) in [5.41, 5.74) is 1.52. The summed E-state index contributed by atoms with van der Waals surface area (Å²) < 4.78 is 7.50. The fourth-order valence-corrected chi connectivity index (χ4v) is 4.00. The van der Waals surface area contributed by atoms with E-state index in [0.29, 0.717) is 48.1 Å². The number of amides is 1. The van der Waals surface area contributed by atoms with E-state index in [2.05, 4.69) is 25.3 Å². The van der Waals surface area contributed by atoms with Gasteiger partial charge in [0.05, 0.1) is 18.2 Å². The molecule has 0 radical (unpaired) electrons. The molecule has 11 heteroatoms. The molecule has 1 aliphatic rings. The molecule has 2 atom stereocenters. The van der Waals surface area contributed by atoms with Gasteiger partial charge in [-0.1, -0.05) is 0 Å². The number of likely N-dealkylation sites (tertiary alicyclic amines) is 1. The van der Waals surface area contributed by atoms with Crippen LogP contribution < -0.4 is 5.32 Å². The van der Waals surface area contributed by atoms with Gasteiger partial charge in [-0.25, -0.2) is 29.7 Å². The maximum absolute atomic E-state index is 12.6. The topological polar surface area (TPSA) is 131 Å². The summed E-state index contributed by atoms with van der Waals surface area (Å²) in [5.74, 6) is 1.98. The minimum atomic E-state index is -0.607. The standard InChI is InChI=1S/C22H30N8O3/c1-6-29-19(14-8-23-13(2)24-9-14)28-17-18(25-12-26-20(17)29)27-15-7-16(11-31)30(10-15)21(32)33-22(3,4)5/h8-9,12,15-16,31H,6-7,10-11H2,1-5H3,(H,25,26,27). The van der Waals surface area contributed by atoms with Crippen molar-refractivity contribution in [2.45, 2.75) is 65.3 Å². The number of aliphatic hydroxyl groups excluding tert-OH is 1. The summed E-state index contributed by atoms with van der Waals surface area (Å²) >= 11 is 0. The van der Waals surface area contributed by atoms with Crippen LogP contribution in [0.25, 0.3) is 22.6 Å². The molecule has 2 unspecified atom stereocenters. The highest BCUT2D eigenvalue weighted by Gasteiger charge is 2.37. The lowest BCUT2D eigenvalue weighted by Gasteiger charge is -2.27. The summed E-state index contributed by atoms with van der Waals surface area (Å²) in [5, 5.41) is 13.2. The number of hydrogen-bond acceptors (Lipinski definition) is 9. The Hall–Kier alpha value is -3.34. The molecule has 176 valence electrons. The van der Waals surface area contributed by atoms with Crippen LogP contribution in [0.1, 0.15) is 39.9 Å². The lowest BCUT2D eigenvalue weighted by molar-refractivity contribution is 0.0175. The Labute approximate surface area is 192 Å². The number of aromatic nitrogens is 6. The van der Waals surface area contributed by atoms with Gasteiger partial charge in [0.1, 0.15) is 23.6 Å². The number of nitrogens with one attached hydrogen (secondary N) is 1. The van der Waals surface area contributed by atoms with E-state index in [9.17, 15) is 9.90 Å². The zero-order valence-corrected chi connectivity index (χ0v) is 19.6. The molecule has 3 aromatic rings. The number of rotatable bonds is 5. The van der Waals surface area contributed by atoms with Crippen molar-refractivity contribution >= 4 is 23.1 Å². The molecule has 0 aromatic carbocycles. The van der Waals surface area contributed by atoms with E-state index in [1.165, 1.54) is 6.33 Å². The van der Waals surface area contributed by atoms with Crippen LogP contribution >= 0.6 is 0 Å². The van der Waals surface area contributed by atoms with E-state index in [-0.39, 0.29) is 18.7 Å². The van der Waals surface area contributed by atoms with Crippen molar-refractivity contribution in [3.05, 3.63) is 24.5 Å². The lowest BCUT2D eigenvalue weighted by atomic mass is 10.2. The monoisotopic (exact) mass is 454 g/mol. The van der Waals surface area contributed by atoms with Crippen LogP contribution in [-0.4, -0.2) is 76.4 Å². The van der Waals surface area contributed by atoms with E-state index in [0.717, 1.165) is 5.56 Å². The number of imidazole rings is 1. The molecule has 1 fully saturated rings. The minimum Gasteiger partial charge on any atom is -0.444 e. The van der Waals surface area contributed by atoms with Gasteiger partial charge in [0, 0.05) is 31.5 Å². The summed E-state index contributed by atoms with van der Waals surface area (Å²) in [6.45, 7) is 10.2. The first-order chi connectivity index (χ1) is 15.7. The highest BCUT2D eigenvalue weighted by Crippen LogP contribution is 2.29. The smallest absolute Gasteiger partial charge is 0.410 e. The van der Waals surface area contributed by atoms with E-state index < -0.39 is 11.7 Å². The Morgan fingerprint density at radius 2 is 1.97 bits per heavy atom. The van der Waals surface area contributed by atoms with Crippen molar-refractivity contribution in [1.29, 1.82) is 0 Å². The number of hydrogen-bond donors (Lipinski definition) is 2. The minimum absolute atomic E-state index is 0.120. The molecule has 4 heterocycles. The van der Waals surface area contributed by atoms with Gasteiger partial charge in [-0.05, 0) is 41.0 Å². The van der Waals surface area contributed by atoms with Crippen molar-refractivity contribution in [3.8, 4) is 11.4 Å². The third-order valence-corrected chi connectivity index (χ3v) is 5.48. The van der Waals surface area contributed by atoms with E-state index in [1.807, 2.05) is 39.2 Å². The van der Waals surface area contributed by atoms with Gasteiger partial charge in [0.25, 0.3) is 0 Å². The number of aryl methyl sites for hydroxylation is 2. The Kier molecular flexibility index (Phi) is 6.15. The Balaban J connectivity index is 1.61. The molecule has 0 bridgehead atoms. The van der Waals surface area contributed by atoms with Crippen molar-refractivity contribution in [3.63, 3.8) is 0 Å². The molecule has 0 saturated carbocycles. The summed E-state index contributed by atoms with van der Waals surface area (Å²) in [6, 6.07) is -0.450. The van der Waals surface area contributed by atoms with Crippen molar-refractivity contribution in [2.24, 2.45) is 0 Å². The number of anilines is 1. The van der Waals surface area contributed by atoms with E-state index >= 15 is 0 Å². The highest BCUT2D eigenvalue weighted by atomic mass is 16.6. The molecule has 4 rings (SSSR count). The zero-order chi connectivity index (χ0) is 23.8. The van der Waals surface area contributed by atoms with Crippen LogP contribution in [0.3, 0.4) is 0 Å². The first kappa shape index (κ1) is 22.8. The van der Waals surface area contributed by atoms with Crippen molar-refractivity contribution in [2.75, 3.05) is 18.5 Å². The quantitative estimate of drug-likeness (QED) is 0.596. The maximum Gasteiger partial charge on any atom is 0.410 e. The molecule has 1 amide bonds. The maximum atomic E-state index is 12.6. The van der Waals surface area contributed by atoms with E-state index in [4.69, 9.17) is 9.72 Å². The second kappa shape index (κ2) is 8.89. The van der Waals surface area contributed by atoms with Crippen molar-refractivity contribution < 1.29 is 14.6 Å². The number of ether oxygens (including phenoxy) is 1. The normalized spacial score (nSPS) is 18.7. The molecule has 1 aliphatic heterocycles. The van der Waals surface area contributed by atoms with E-state index in [1.54, 1.807) is 17.3 Å². The molecule has 2 N–H and O–H groups in total. The molecule has 11 nitrogen and oxygen atoms in total. The first-order valence-corrected chi connectivity index (χ1v) is 11.1. The van der Waals surface area contributed by atoms with Gasteiger partial charge in [0.15, 0.2) is 17.0 Å². The molecule has 0 aliphatic carbocycles. The third kappa shape index (κ3) is 4.72. The Bertz CT molecular complexity index is 1140. The van der Waals surface area contributed by atoms with Crippen LogP contribution in [0, 0.1) is 6.92 Å². The molecular weight excluding hydrogens is 424 g/mol. The van der Waals surface area contributed by atoms with Crippen molar-refractivity contribution in [1.82, 2.24) is 34.4 Å². The number of aliphatic hydroxyl groups is 1. The summed E-state index contributed by atoms with van der Waals surface area (Å²) in [4.78, 5) is 36.4. The largest absolute Gasteiger partial charge is 0.444 e. The zero-order valence-electron chi connectivity index (χ0n) is 19.6. The van der Waals surface area contributed by atoms with Gasteiger partial charge < -0.3 is 24.6 Å². The number of carbonyl (C=O) groups excluding carboxylic acids is 1. The Morgan fingerprint density at radius 3 is 2.61 bits per heavy atom. The Morgan fingerprint density at radius 1 is 1.24 bits per heavy atom. The predicted octanol–water partition coefficient (Wildman–Crippen LogP) is 2.39. The molecule has 3 aromatic heterocycles. The molecule has 1 saturated heterocycles. The predicted molar refractivity (Wildman–Crippen MR) is 123 cm³/mol. The average Bonchev–Trinajstić information content (AvgIpc) is 3.35.